The summed E-state index contributed by atoms with van der Waals surface area (Å²) in [6.07, 6.45) is 2.60. The largest absolute Gasteiger partial charge is 0.481 e. The van der Waals surface area contributed by atoms with Crippen LogP contribution in [0.15, 0.2) is 36.5 Å². The maximum Gasteiger partial charge on any atom is 0.337 e. The van der Waals surface area contributed by atoms with Crippen LogP contribution < -0.4 is 48.4 Å². The van der Waals surface area contributed by atoms with E-state index in [-0.39, 0.29) is 89.5 Å². The molecule has 28 heteroatoms. The number of amides is 8. The number of hydrazine groups is 1. The summed E-state index contributed by atoms with van der Waals surface area (Å²) in [5.74, 6) is -5.77. The molecule has 0 unspecified atom stereocenters. The summed E-state index contributed by atoms with van der Waals surface area (Å²) >= 11 is 0. The topological polar surface area (TPSA) is 374 Å². The molecule has 400 valence electrons. The molecule has 1 aromatic heterocycles. The number of unbranched alkanes of at least 4 members (excludes halogenated alkanes) is 1. The number of urea groups is 1. The van der Waals surface area contributed by atoms with Gasteiger partial charge in [0.1, 0.15) is 24.7 Å². The molecule has 3 atom stereocenters. The Morgan fingerprint density at radius 1 is 0.750 bits per heavy atom. The molecule has 0 radical (unpaired) electrons. The van der Waals surface area contributed by atoms with Crippen LogP contribution in [-0.2, 0) is 72.0 Å². The van der Waals surface area contributed by atoms with Crippen LogP contribution in [-0.4, -0.2) is 182 Å². The highest BCUT2D eigenvalue weighted by Crippen LogP contribution is 2.09. The van der Waals surface area contributed by atoms with Crippen molar-refractivity contribution in [3.8, 4) is 0 Å². The fraction of sp³-hybridized carbons (Fsp3) is 0.614. The first-order valence-corrected chi connectivity index (χ1v) is 23.6. The van der Waals surface area contributed by atoms with E-state index in [0.29, 0.717) is 76.5 Å². The molecule has 0 saturated carbocycles. The second kappa shape index (κ2) is 35.1. The van der Waals surface area contributed by atoms with E-state index in [1.807, 2.05) is 0 Å². The van der Waals surface area contributed by atoms with Crippen LogP contribution in [0.1, 0.15) is 62.6 Å². The van der Waals surface area contributed by atoms with E-state index < -0.39 is 73.4 Å². The van der Waals surface area contributed by atoms with Crippen molar-refractivity contribution in [2.24, 2.45) is 5.73 Å². The van der Waals surface area contributed by atoms with Gasteiger partial charge in [-0.05, 0) is 50.5 Å². The number of aryl methyl sites for hydroxylation is 1. The van der Waals surface area contributed by atoms with Crippen LogP contribution in [0.5, 0.6) is 0 Å². The maximum atomic E-state index is 13.9. The summed E-state index contributed by atoms with van der Waals surface area (Å²) in [6.45, 7) is 1.61. The van der Waals surface area contributed by atoms with E-state index in [1.165, 1.54) is 4.68 Å². The van der Waals surface area contributed by atoms with Crippen molar-refractivity contribution in [1.29, 1.82) is 5.41 Å². The average Bonchev–Trinajstić information content (AvgIpc) is 3.79. The predicted octanol–water partition coefficient (Wildman–Crippen LogP) is -2.51. The molecule has 1 saturated heterocycles. The molecule has 2 heterocycles. The quantitative estimate of drug-likeness (QED) is 0.0200. The molecule has 3 rings (SSSR count). The van der Waals surface area contributed by atoms with Crippen LogP contribution in [0.25, 0.3) is 0 Å². The van der Waals surface area contributed by atoms with Crippen molar-refractivity contribution in [2.75, 3.05) is 85.7 Å². The number of carbonyl (C=O) groups excluding carboxylic acids is 7. The summed E-state index contributed by atoms with van der Waals surface area (Å²) in [7, 11) is 0. The second-order valence-corrected chi connectivity index (χ2v) is 16.1. The molecule has 1 fully saturated rings. The number of nitrogens with zero attached hydrogens (tertiary/aromatic N) is 4. The molecule has 1 aliphatic heterocycles. The molecule has 8 amide bonds. The number of nitrogens with one attached hydrogen (secondary N) is 9. The van der Waals surface area contributed by atoms with Gasteiger partial charge in [-0.1, -0.05) is 35.5 Å². The highest BCUT2D eigenvalue weighted by Gasteiger charge is 2.32. The zero-order valence-corrected chi connectivity index (χ0v) is 40.3. The molecular formula is C44H69FN14O13. The van der Waals surface area contributed by atoms with Gasteiger partial charge in [-0.15, -0.1) is 5.10 Å². The Balaban J connectivity index is 1.39. The lowest BCUT2D eigenvalue weighted by molar-refractivity contribution is -0.141. The zero-order chi connectivity index (χ0) is 52.4. The van der Waals surface area contributed by atoms with E-state index in [2.05, 4.69) is 53.0 Å². The first-order valence-electron chi connectivity index (χ1n) is 23.6. The summed E-state index contributed by atoms with van der Waals surface area (Å²) < 4.78 is 35.6. The van der Waals surface area contributed by atoms with Crippen LogP contribution in [0.2, 0.25) is 0 Å². The number of hydrogen-bond donors (Lipinski definition) is 11. The van der Waals surface area contributed by atoms with E-state index in [4.69, 9.17) is 30.1 Å². The van der Waals surface area contributed by atoms with Gasteiger partial charge in [0.2, 0.25) is 29.5 Å². The number of hydrogen-bond acceptors (Lipinski definition) is 15. The number of carboxylic acids is 1. The summed E-state index contributed by atoms with van der Waals surface area (Å²) in [4.78, 5) is 104. The summed E-state index contributed by atoms with van der Waals surface area (Å²) in [5.41, 5.74) is 8.91. The molecule has 12 N–H and O–H groups in total. The van der Waals surface area contributed by atoms with Crippen molar-refractivity contribution < 1.29 is 66.8 Å². The second-order valence-electron chi connectivity index (χ2n) is 16.1. The Labute approximate surface area is 415 Å². The van der Waals surface area contributed by atoms with Crippen LogP contribution in [0.4, 0.5) is 9.18 Å². The lowest BCUT2D eigenvalue weighted by Crippen LogP contribution is -2.59. The number of alkyl halides is 1. The van der Waals surface area contributed by atoms with Crippen molar-refractivity contribution >= 4 is 53.4 Å². The minimum atomic E-state index is -1.66. The van der Waals surface area contributed by atoms with Gasteiger partial charge < -0.3 is 67.0 Å². The molecular weight excluding hydrogens is 952 g/mol. The van der Waals surface area contributed by atoms with Gasteiger partial charge in [0.05, 0.1) is 84.7 Å². The molecule has 2 aromatic rings. The molecule has 0 aliphatic carbocycles. The van der Waals surface area contributed by atoms with E-state index in [0.717, 1.165) is 5.01 Å². The molecule has 1 aliphatic rings. The lowest BCUT2D eigenvalue weighted by Gasteiger charge is -2.28. The first-order chi connectivity index (χ1) is 34.7. The van der Waals surface area contributed by atoms with Gasteiger partial charge in [0.25, 0.3) is 5.91 Å². The van der Waals surface area contributed by atoms with Gasteiger partial charge in [-0.3, -0.25) is 48.8 Å². The molecule has 1 aromatic carbocycles. The van der Waals surface area contributed by atoms with Gasteiger partial charge in [-0.2, -0.15) is 0 Å². The highest BCUT2D eigenvalue weighted by atomic mass is 19.1. The van der Waals surface area contributed by atoms with Crippen LogP contribution in [0, 0.1) is 5.41 Å². The Kier molecular flexibility index (Phi) is 28.9. The van der Waals surface area contributed by atoms with E-state index in [9.17, 15) is 47.9 Å². The van der Waals surface area contributed by atoms with Gasteiger partial charge in [0, 0.05) is 32.3 Å². The van der Waals surface area contributed by atoms with E-state index in [1.54, 1.807) is 36.5 Å². The standard InChI is InChI=1S/C44H69FN14O13/c45-14-6-10-32-29-58(57-55-32)30-38(62)49-17-19-70-21-23-72-25-24-71-22-20-69-18-13-36(60)48-15-5-4-11-34-41(66)53-33(12-7-16-50-43(46)47)40(65)51-27-37(61)52-35(26-39(63)64)42(67)56-59(44(68)54-34)28-31-8-2-1-3-9-31/h1-3,8-9,29,33-35H,4-7,10-28,30H2,(H,48,60)(H,49,62)(H,51,65)(H,52,61)(H,53,66)(H,54,68)(H,56,67)(H,63,64)(H4,46,47,50)/t33-,34-,35-/m0/s1. The first kappa shape index (κ1) is 59.3. The number of nitrogens with two attached hydrogens (primary N) is 1. The number of benzene rings is 1. The third-order valence-corrected chi connectivity index (χ3v) is 10.2. The number of rotatable bonds is 33. The molecule has 27 nitrogen and oxygen atoms in total. The Bertz CT molecular complexity index is 2020. The number of carbonyl (C=O) groups is 8. The van der Waals surface area contributed by atoms with E-state index >= 15 is 0 Å². The predicted molar refractivity (Wildman–Crippen MR) is 253 cm³/mol. The maximum absolute atomic E-state index is 13.9. The Hall–Kier alpha value is -7.04. The average molecular weight is 1020 g/mol. The van der Waals surface area contributed by atoms with Gasteiger partial charge in [-0.25, -0.2) is 14.5 Å². The van der Waals surface area contributed by atoms with Crippen LogP contribution >= 0.6 is 0 Å². The fourth-order valence-corrected chi connectivity index (χ4v) is 6.59. The number of aromatic nitrogens is 3. The normalized spacial score (nSPS) is 16.8. The molecule has 0 spiro atoms. The number of guanidine groups is 1. The summed E-state index contributed by atoms with van der Waals surface area (Å²) in [6, 6.07) is 3.34. The van der Waals surface area contributed by atoms with Gasteiger partial charge >= 0.3 is 12.0 Å². The van der Waals surface area contributed by atoms with Crippen molar-refractivity contribution in [2.45, 2.75) is 89.0 Å². The number of aliphatic carboxylic acids is 1. The monoisotopic (exact) mass is 1020 g/mol. The lowest BCUT2D eigenvalue weighted by atomic mass is 10.1. The highest BCUT2D eigenvalue weighted by molar-refractivity contribution is 5.96. The third-order valence-electron chi connectivity index (χ3n) is 10.2. The van der Waals surface area contributed by atoms with Crippen LogP contribution in [0.3, 0.4) is 0 Å². The third kappa shape index (κ3) is 26.2. The molecule has 0 bridgehead atoms. The van der Waals surface area contributed by atoms with Crippen molar-refractivity contribution in [3.05, 3.63) is 47.8 Å². The van der Waals surface area contributed by atoms with Crippen molar-refractivity contribution in [3.63, 3.8) is 0 Å². The zero-order valence-electron chi connectivity index (χ0n) is 40.3. The number of carboxylic acid groups (broad SMARTS) is 1. The minimum Gasteiger partial charge on any atom is -0.481 e. The minimum absolute atomic E-state index is 0.00135. The van der Waals surface area contributed by atoms with Gasteiger partial charge in [0.15, 0.2) is 5.96 Å². The fourth-order valence-electron chi connectivity index (χ4n) is 6.59. The summed E-state index contributed by atoms with van der Waals surface area (Å²) in [5, 5.41) is 43.5. The SMILES string of the molecule is N=C(N)NCCC[C@@H]1NC(=O)[C@H](CCCCNC(=O)CCOCCOCCOCCOCCNC(=O)Cn2cc(CCCF)nn2)NC(=O)N(Cc2ccccc2)NC(=O)[C@H](CC(=O)O)NC(=O)CNC1=O. The van der Waals surface area contributed by atoms with Crippen molar-refractivity contribution in [1.82, 2.24) is 62.6 Å². The molecule has 72 heavy (non-hydrogen) atoms. The smallest absolute Gasteiger partial charge is 0.337 e. The number of ether oxygens (including phenoxy) is 4. The Morgan fingerprint density at radius 2 is 1.39 bits per heavy atom. The Morgan fingerprint density at radius 3 is 2.07 bits per heavy atom. The number of halogens is 1.